The summed E-state index contributed by atoms with van der Waals surface area (Å²) >= 11 is 1.59. The van der Waals surface area contributed by atoms with Crippen molar-refractivity contribution in [3.05, 3.63) is 17.5 Å². The van der Waals surface area contributed by atoms with Gasteiger partial charge in [0, 0.05) is 0 Å². The van der Waals surface area contributed by atoms with E-state index in [2.05, 4.69) is 15.0 Å². The Hall–Kier alpha value is -1.03. The van der Waals surface area contributed by atoms with Gasteiger partial charge in [-0.15, -0.1) is 0 Å². The number of hydrogen-bond donors (Lipinski definition) is 0. The van der Waals surface area contributed by atoms with Gasteiger partial charge in [0.15, 0.2) is 0 Å². The van der Waals surface area contributed by atoms with Gasteiger partial charge in [-0.3, -0.25) is 0 Å². The average Bonchev–Trinajstić information content (AvgIpc) is 2.48. The van der Waals surface area contributed by atoms with Crippen LogP contribution >= 0.6 is 11.3 Å². The molecule has 2 heterocycles. The maximum Gasteiger partial charge on any atom is 0.146 e. The van der Waals surface area contributed by atoms with Gasteiger partial charge in [0.25, 0.3) is 0 Å². The number of thiazole rings is 1. The minimum Gasteiger partial charge on any atom is -0.242 e. The highest BCUT2D eigenvalue weighted by molar-refractivity contribution is 7.18. The molecule has 0 radical (unpaired) electrons. The summed E-state index contributed by atoms with van der Waals surface area (Å²) in [5.74, 6) is 0. The van der Waals surface area contributed by atoms with E-state index < -0.39 is 0 Å². The molecule has 2 rings (SSSR count). The van der Waals surface area contributed by atoms with Gasteiger partial charge in [0.2, 0.25) is 0 Å². The lowest BCUT2D eigenvalue weighted by Gasteiger charge is -1.79. The molecule has 3 nitrogen and oxygen atoms in total. The lowest BCUT2D eigenvalue weighted by molar-refractivity contribution is 1.21. The summed E-state index contributed by atoms with van der Waals surface area (Å²) in [7, 11) is 0. The Kier molecular flexibility index (Phi) is 3.10. The minimum atomic E-state index is 0.894. The zero-order valence-electron chi connectivity index (χ0n) is 7.40. The summed E-state index contributed by atoms with van der Waals surface area (Å²) in [5.41, 5.74) is 0.894. The van der Waals surface area contributed by atoms with Crippen molar-refractivity contribution < 1.29 is 0 Å². The molecule has 0 atom stereocenters. The second kappa shape index (κ2) is 4.11. The van der Waals surface area contributed by atoms with Crippen LogP contribution in [0, 0.1) is 6.92 Å². The fourth-order valence-electron chi connectivity index (χ4n) is 0.799. The topological polar surface area (TPSA) is 38.7 Å². The fourth-order valence-corrected chi connectivity index (χ4v) is 1.53. The van der Waals surface area contributed by atoms with E-state index in [1.807, 2.05) is 20.8 Å². The molecule has 0 bridgehead atoms. The third-order valence-electron chi connectivity index (χ3n) is 1.18. The Morgan fingerprint density at radius 3 is 2.75 bits per heavy atom. The quantitative estimate of drug-likeness (QED) is 0.626. The highest BCUT2D eigenvalue weighted by atomic mass is 32.1. The molecule has 0 N–H and O–H groups in total. The molecule has 0 aliphatic carbocycles. The monoisotopic (exact) mass is 181 g/mol. The van der Waals surface area contributed by atoms with Crippen LogP contribution in [0.5, 0.6) is 0 Å². The summed E-state index contributed by atoms with van der Waals surface area (Å²) in [6, 6.07) is 0. The number of aromatic nitrogens is 3. The standard InChI is InChI=1S/C6H5N3S.C2H6/c1-4-9-5-2-7-3-8-6(5)10-4;1-2/h2-3H,1H3;1-2H3. The molecular formula is C8H11N3S. The second-order valence-corrected chi connectivity index (χ2v) is 3.13. The van der Waals surface area contributed by atoms with Crippen molar-refractivity contribution in [1.29, 1.82) is 0 Å². The van der Waals surface area contributed by atoms with E-state index in [1.54, 1.807) is 23.9 Å². The molecule has 0 saturated carbocycles. The van der Waals surface area contributed by atoms with Crippen molar-refractivity contribution >= 4 is 21.7 Å². The third-order valence-corrected chi connectivity index (χ3v) is 2.07. The lowest BCUT2D eigenvalue weighted by atomic mass is 10.6. The van der Waals surface area contributed by atoms with Crippen LogP contribution in [0.25, 0.3) is 10.3 Å². The minimum absolute atomic E-state index is 0.894. The first kappa shape index (κ1) is 9.06. The van der Waals surface area contributed by atoms with Crippen LogP contribution in [0.2, 0.25) is 0 Å². The van der Waals surface area contributed by atoms with Gasteiger partial charge in [-0.1, -0.05) is 25.2 Å². The van der Waals surface area contributed by atoms with Crippen molar-refractivity contribution in [2.45, 2.75) is 20.8 Å². The summed E-state index contributed by atoms with van der Waals surface area (Å²) in [4.78, 5) is 13.1. The number of aryl methyl sites for hydroxylation is 1. The molecule has 0 unspecified atom stereocenters. The smallest absolute Gasteiger partial charge is 0.146 e. The van der Waals surface area contributed by atoms with Crippen LogP contribution in [0.15, 0.2) is 12.5 Å². The largest absolute Gasteiger partial charge is 0.242 e. The number of fused-ring (bicyclic) bond motifs is 1. The van der Waals surface area contributed by atoms with E-state index in [-0.39, 0.29) is 0 Å². The second-order valence-electron chi connectivity index (χ2n) is 1.95. The predicted octanol–water partition coefficient (Wildman–Crippen LogP) is 2.42. The van der Waals surface area contributed by atoms with Crippen molar-refractivity contribution in [2.75, 3.05) is 0 Å². The molecule has 0 aliphatic rings. The van der Waals surface area contributed by atoms with Crippen LogP contribution in [0.4, 0.5) is 0 Å². The Balaban J connectivity index is 0.000000336. The summed E-state index contributed by atoms with van der Waals surface area (Å²) in [6.07, 6.45) is 3.27. The van der Waals surface area contributed by atoms with Crippen molar-refractivity contribution in [1.82, 2.24) is 15.0 Å². The van der Waals surface area contributed by atoms with E-state index in [0.29, 0.717) is 0 Å². The SMILES string of the molecule is CC.Cc1nc2cncnc2s1. The first-order valence-corrected chi connectivity index (χ1v) is 4.71. The van der Waals surface area contributed by atoms with E-state index in [1.165, 1.54) is 0 Å². The van der Waals surface area contributed by atoms with Gasteiger partial charge < -0.3 is 0 Å². The van der Waals surface area contributed by atoms with Gasteiger partial charge in [-0.2, -0.15) is 0 Å². The molecule has 0 saturated heterocycles. The first-order chi connectivity index (χ1) is 5.86. The summed E-state index contributed by atoms with van der Waals surface area (Å²) in [5, 5.41) is 1.04. The van der Waals surface area contributed by atoms with Crippen LogP contribution in [0.1, 0.15) is 18.9 Å². The first-order valence-electron chi connectivity index (χ1n) is 3.89. The third kappa shape index (κ3) is 1.76. The van der Waals surface area contributed by atoms with Crippen LogP contribution < -0.4 is 0 Å². The molecular weight excluding hydrogens is 170 g/mol. The number of nitrogens with zero attached hydrogens (tertiary/aromatic N) is 3. The molecule has 2 aromatic rings. The molecule has 0 aliphatic heterocycles. The van der Waals surface area contributed by atoms with E-state index in [9.17, 15) is 0 Å². The molecule has 4 heteroatoms. The number of rotatable bonds is 0. The zero-order chi connectivity index (χ0) is 8.97. The molecule has 0 amide bonds. The van der Waals surface area contributed by atoms with Crippen LogP contribution in [0.3, 0.4) is 0 Å². The van der Waals surface area contributed by atoms with Gasteiger partial charge in [-0.05, 0) is 6.92 Å². The van der Waals surface area contributed by atoms with E-state index in [4.69, 9.17) is 0 Å². The molecule has 2 aromatic heterocycles. The van der Waals surface area contributed by atoms with E-state index >= 15 is 0 Å². The van der Waals surface area contributed by atoms with Crippen molar-refractivity contribution in [2.24, 2.45) is 0 Å². The van der Waals surface area contributed by atoms with Crippen LogP contribution in [-0.4, -0.2) is 15.0 Å². The van der Waals surface area contributed by atoms with Gasteiger partial charge in [-0.25, -0.2) is 15.0 Å². The summed E-state index contributed by atoms with van der Waals surface area (Å²) in [6.45, 7) is 5.96. The van der Waals surface area contributed by atoms with Gasteiger partial charge in [0.05, 0.1) is 11.2 Å². The molecule has 0 spiro atoms. The highest BCUT2D eigenvalue weighted by Crippen LogP contribution is 2.16. The van der Waals surface area contributed by atoms with Crippen molar-refractivity contribution in [3.63, 3.8) is 0 Å². The molecule has 0 aromatic carbocycles. The fraction of sp³-hybridized carbons (Fsp3) is 0.375. The Labute approximate surface area is 75.5 Å². The Morgan fingerprint density at radius 1 is 1.33 bits per heavy atom. The maximum atomic E-state index is 4.21. The molecule has 64 valence electrons. The number of hydrogen-bond acceptors (Lipinski definition) is 4. The Morgan fingerprint density at radius 2 is 2.08 bits per heavy atom. The zero-order valence-corrected chi connectivity index (χ0v) is 8.22. The molecule has 12 heavy (non-hydrogen) atoms. The Bertz CT molecular complexity index is 323. The van der Waals surface area contributed by atoms with Crippen molar-refractivity contribution in [3.8, 4) is 0 Å². The van der Waals surface area contributed by atoms with Gasteiger partial charge in [0.1, 0.15) is 16.7 Å². The normalized spacial score (nSPS) is 9.25. The maximum absolute atomic E-state index is 4.21. The van der Waals surface area contributed by atoms with Crippen LogP contribution in [-0.2, 0) is 0 Å². The lowest BCUT2D eigenvalue weighted by Crippen LogP contribution is -1.74. The highest BCUT2D eigenvalue weighted by Gasteiger charge is 1.97. The predicted molar refractivity (Wildman–Crippen MR) is 51.3 cm³/mol. The summed E-state index contributed by atoms with van der Waals surface area (Å²) < 4.78 is 0. The molecule has 0 fully saturated rings. The van der Waals surface area contributed by atoms with E-state index in [0.717, 1.165) is 15.4 Å². The average molecular weight is 181 g/mol. The van der Waals surface area contributed by atoms with Gasteiger partial charge >= 0.3 is 0 Å².